The molecule has 10 heteroatoms. The second kappa shape index (κ2) is 9.68. The number of rotatable bonds is 9. The molecule has 0 saturated carbocycles. The number of anilines is 2. The van der Waals surface area contributed by atoms with Crippen LogP contribution in [0, 0.1) is 0 Å². The normalized spacial score (nSPS) is 11.8. The molecule has 0 saturated heterocycles. The number of alkyl halides is 3. The number of hydrogen-bond donors (Lipinski definition) is 1. The molecular formula is C20H23F3N6O. The van der Waals surface area contributed by atoms with Crippen molar-refractivity contribution in [2.24, 2.45) is 0 Å². The molecule has 1 aromatic heterocycles. The molecular weight excluding hydrogens is 397 g/mol. The summed E-state index contributed by atoms with van der Waals surface area (Å²) >= 11 is 0. The van der Waals surface area contributed by atoms with Crippen molar-refractivity contribution in [1.29, 1.82) is 0 Å². The van der Waals surface area contributed by atoms with Crippen LogP contribution in [-0.2, 0) is 17.5 Å². The molecule has 0 radical (unpaired) electrons. The SMILES string of the molecule is CN(C)CCOCCn1nnc(-c2ccccc2Nc2ccc(C(F)(F)F)cc2)n1. The molecule has 7 nitrogen and oxygen atoms in total. The first-order chi connectivity index (χ1) is 14.3. The van der Waals surface area contributed by atoms with E-state index in [9.17, 15) is 13.2 Å². The highest BCUT2D eigenvalue weighted by Crippen LogP contribution is 2.32. The van der Waals surface area contributed by atoms with Crippen LogP contribution in [0.5, 0.6) is 0 Å². The molecule has 0 atom stereocenters. The maximum Gasteiger partial charge on any atom is 0.416 e. The molecule has 0 spiro atoms. The average molecular weight is 420 g/mol. The summed E-state index contributed by atoms with van der Waals surface area (Å²) in [7, 11) is 3.95. The number of nitrogens with zero attached hydrogens (tertiary/aromatic N) is 5. The van der Waals surface area contributed by atoms with E-state index in [2.05, 4.69) is 20.7 Å². The summed E-state index contributed by atoms with van der Waals surface area (Å²) in [6.07, 6.45) is -4.37. The summed E-state index contributed by atoms with van der Waals surface area (Å²) in [5, 5.41) is 15.6. The lowest BCUT2D eigenvalue weighted by molar-refractivity contribution is -0.137. The summed E-state index contributed by atoms with van der Waals surface area (Å²) < 4.78 is 43.8. The molecule has 30 heavy (non-hydrogen) atoms. The molecule has 0 aliphatic heterocycles. The third-order valence-corrected chi connectivity index (χ3v) is 4.23. The highest BCUT2D eigenvalue weighted by molar-refractivity contribution is 5.77. The van der Waals surface area contributed by atoms with Crippen LogP contribution in [0.3, 0.4) is 0 Å². The number of hydrogen-bond acceptors (Lipinski definition) is 6. The summed E-state index contributed by atoms with van der Waals surface area (Å²) in [4.78, 5) is 3.49. The van der Waals surface area contributed by atoms with E-state index < -0.39 is 11.7 Å². The van der Waals surface area contributed by atoms with Crippen LogP contribution < -0.4 is 5.32 Å². The molecule has 0 bridgehead atoms. The Bertz CT molecular complexity index is 940. The van der Waals surface area contributed by atoms with Gasteiger partial charge in [-0.15, -0.1) is 10.2 Å². The number of likely N-dealkylation sites (N-methyl/N-ethyl adjacent to an activating group) is 1. The Labute approximate surface area is 172 Å². The van der Waals surface area contributed by atoms with E-state index in [1.807, 2.05) is 37.2 Å². The molecule has 1 heterocycles. The first kappa shape index (κ1) is 21.7. The highest BCUT2D eigenvalue weighted by atomic mass is 19.4. The number of nitrogens with one attached hydrogen (secondary N) is 1. The van der Waals surface area contributed by atoms with Gasteiger partial charge in [0.05, 0.1) is 25.3 Å². The molecule has 3 rings (SSSR count). The van der Waals surface area contributed by atoms with Crippen LogP contribution in [0.15, 0.2) is 48.5 Å². The molecule has 0 aliphatic rings. The fourth-order valence-electron chi connectivity index (χ4n) is 2.63. The minimum atomic E-state index is -4.37. The smallest absolute Gasteiger partial charge is 0.378 e. The van der Waals surface area contributed by atoms with E-state index in [4.69, 9.17) is 4.74 Å². The topological polar surface area (TPSA) is 68.1 Å². The zero-order chi connectivity index (χ0) is 21.6. The molecule has 2 aromatic carbocycles. The van der Waals surface area contributed by atoms with Gasteiger partial charge in [0.15, 0.2) is 0 Å². The number of halogens is 3. The van der Waals surface area contributed by atoms with Gasteiger partial charge in [0.1, 0.15) is 0 Å². The highest BCUT2D eigenvalue weighted by Gasteiger charge is 2.29. The maximum atomic E-state index is 12.7. The van der Waals surface area contributed by atoms with Gasteiger partial charge >= 0.3 is 6.18 Å². The van der Waals surface area contributed by atoms with Gasteiger partial charge in [-0.25, -0.2) is 0 Å². The van der Waals surface area contributed by atoms with Crippen LogP contribution in [0.4, 0.5) is 24.5 Å². The third kappa shape index (κ3) is 6.01. The second-order valence-corrected chi connectivity index (χ2v) is 6.87. The standard InChI is InChI=1S/C20H23F3N6O/c1-28(2)11-13-30-14-12-29-26-19(25-27-29)17-5-3-4-6-18(17)24-16-9-7-15(8-10-16)20(21,22)23/h3-10,24H,11-14H2,1-2H3. The van der Waals surface area contributed by atoms with Crippen LogP contribution in [0.25, 0.3) is 11.4 Å². The van der Waals surface area contributed by atoms with E-state index in [0.29, 0.717) is 42.5 Å². The summed E-state index contributed by atoms with van der Waals surface area (Å²) in [5.74, 6) is 0.415. The number of tetrazole rings is 1. The Morgan fingerprint density at radius 3 is 2.47 bits per heavy atom. The van der Waals surface area contributed by atoms with Crippen molar-refractivity contribution in [3.05, 3.63) is 54.1 Å². The van der Waals surface area contributed by atoms with E-state index in [1.165, 1.54) is 16.9 Å². The Kier molecular flexibility index (Phi) is 7.01. The van der Waals surface area contributed by atoms with Gasteiger partial charge < -0.3 is 15.0 Å². The maximum absolute atomic E-state index is 12.7. The van der Waals surface area contributed by atoms with Gasteiger partial charge in [0, 0.05) is 23.5 Å². The Balaban J connectivity index is 1.66. The van der Waals surface area contributed by atoms with Gasteiger partial charge in [-0.3, -0.25) is 0 Å². The molecule has 0 aliphatic carbocycles. The second-order valence-electron chi connectivity index (χ2n) is 6.87. The van der Waals surface area contributed by atoms with Gasteiger partial charge in [0.25, 0.3) is 0 Å². The predicted octanol–water partition coefficient (Wildman–Crippen LogP) is 3.68. The number of ether oxygens (including phenoxy) is 1. The molecule has 160 valence electrons. The third-order valence-electron chi connectivity index (χ3n) is 4.23. The fraction of sp³-hybridized carbons (Fsp3) is 0.350. The zero-order valence-electron chi connectivity index (χ0n) is 16.7. The predicted molar refractivity (Wildman–Crippen MR) is 107 cm³/mol. The minimum Gasteiger partial charge on any atom is -0.378 e. The summed E-state index contributed by atoms with van der Waals surface area (Å²) in [5.41, 5.74) is 1.19. The Morgan fingerprint density at radius 2 is 1.77 bits per heavy atom. The Morgan fingerprint density at radius 1 is 1.03 bits per heavy atom. The van der Waals surface area contributed by atoms with Crippen LogP contribution in [0.1, 0.15) is 5.56 Å². The van der Waals surface area contributed by atoms with E-state index in [0.717, 1.165) is 18.7 Å². The first-order valence-corrected chi connectivity index (χ1v) is 9.37. The molecule has 1 N–H and O–H groups in total. The molecule has 3 aromatic rings. The van der Waals surface area contributed by atoms with E-state index in [1.54, 1.807) is 6.07 Å². The van der Waals surface area contributed by atoms with Crippen molar-refractivity contribution >= 4 is 11.4 Å². The van der Waals surface area contributed by atoms with Crippen molar-refractivity contribution in [1.82, 2.24) is 25.1 Å². The lowest BCUT2D eigenvalue weighted by Crippen LogP contribution is -2.19. The van der Waals surface area contributed by atoms with Gasteiger partial charge in [-0.1, -0.05) is 12.1 Å². The lowest BCUT2D eigenvalue weighted by Gasteiger charge is -2.11. The monoisotopic (exact) mass is 420 g/mol. The fourth-order valence-corrected chi connectivity index (χ4v) is 2.63. The van der Waals surface area contributed by atoms with E-state index >= 15 is 0 Å². The minimum absolute atomic E-state index is 0.415. The average Bonchev–Trinajstić information content (AvgIpc) is 3.16. The van der Waals surface area contributed by atoms with Crippen molar-refractivity contribution < 1.29 is 17.9 Å². The van der Waals surface area contributed by atoms with Gasteiger partial charge in [0.2, 0.25) is 5.82 Å². The van der Waals surface area contributed by atoms with Gasteiger partial charge in [-0.05, 0) is 55.7 Å². The number of benzene rings is 2. The van der Waals surface area contributed by atoms with Crippen LogP contribution >= 0.6 is 0 Å². The molecule has 0 amide bonds. The number of aromatic nitrogens is 4. The van der Waals surface area contributed by atoms with Crippen molar-refractivity contribution in [2.75, 3.05) is 39.2 Å². The van der Waals surface area contributed by atoms with Gasteiger partial charge in [-0.2, -0.15) is 18.0 Å². The lowest BCUT2D eigenvalue weighted by atomic mass is 10.1. The van der Waals surface area contributed by atoms with Crippen LogP contribution in [-0.4, -0.2) is 59.0 Å². The van der Waals surface area contributed by atoms with Crippen molar-refractivity contribution in [3.63, 3.8) is 0 Å². The van der Waals surface area contributed by atoms with E-state index in [-0.39, 0.29) is 0 Å². The van der Waals surface area contributed by atoms with Crippen molar-refractivity contribution in [2.45, 2.75) is 12.7 Å². The first-order valence-electron chi connectivity index (χ1n) is 9.37. The summed E-state index contributed by atoms with van der Waals surface area (Å²) in [6, 6.07) is 12.1. The quantitative estimate of drug-likeness (QED) is 0.533. The molecule has 0 fully saturated rings. The number of para-hydroxylation sites is 1. The molecule has 0 unspecified atom stereocenters. The van der Waals surface area contributed by atoms with Crippen molar-refractivity contribution in [3.8, 4) is 11.4 Å². The summed E-state index contributed by atoms with van der Waals surface area (Å²) in [6.45, 7) is 2.39. The largest absolute Gasteiger partial charge is 0.416 e. The Hall–Kier alpha value is -2.98. The van der Waals surface area contributed by atoms with Crippen LogP contribution in [0.2, 0.25) is 0 Å². The zero-order valence-corrected chi connectivity index (χ0v) is 16.7.